The summed E-state index contributed by atoms with van der Waals surface area (Å²) in [4.78, 5) is 11.2. The molecule has 0 N–H and O–H groups in total. The Morgan fingerprint density at radius 2 is 1.90 bits per heavy atom. The zero-order chi connectivity index (χ0) is 13.5. The minimum absolute atomic E-state index is 0. The molecule has 0 saturated carbocycles. The van der Waals surface area contributed by atoms with E-state index >= 15 is 0 Å². The number of hydrogen-bond acceptors (Lipinski definition) is 4. The van der Waals surface area contributed by atoms with Gasteiger partial charge in [0.25, 0.3) is 0 Å². The summed E-state index contributed by atoms with van der Waals surface area (Å²) in [5.74, 6) is 1.75. The lowest BCUT2D eigenvalue weighted by atomic mass is 9.99. The highest BCUT2D eigenvalue weighted by atomic mass is 35.5. The Morgan fingerprint density at radius 1 is 1.14 bits per heavy atom. The number of benzene rings is 1. The molecule has 1 fully saturated rings. The molecule has 21 heavy (non-hydrogen) atoms. The average Bonchev–Trinajstić information content (AvgIpc) is 2.87. The van der Waals surface area contributed by atoms with E-state index in [1.54, 1.807) is 6.33 Å². The molecule has 0 amide bonds. The molecule has 110 valence electrons. The van der Waals surface area contributed by atoms with Gasteiger partial charge in [0.2, 0.25) is 0 Å². The molecule has 0 unspecified atom stereocenters. The van der Waals surface area contributed by atoms with E-state index in [1.807, 2.05) is 18.2 Å². The highest BCUT2D eigenvalue weighted by molar-refractivity contribution is 6.05. The van der Waals surface area contributed by atoms with Crippen molar-refractivity contribution in [3.8, 4) is 0 Å². The van der Waals surface area contributed by atoms with E-state index in [0.29, 0.717) is 0 Å². The van der Waals surface area contributed by atoms with Crippen molar-refractivity contribution in [3.05, 3.63) is 30.6 Å². The third-order valence-corrected chi connectivity index (χ3v) is 4.22. The number of rotatable bonds is 1. The largest absolute Gasteiger partial charge is 0.450 e. The normalized spacial score (nSPS) is 16.3. The Balaban J connectivity index is 0.00000132. The van der Waals surface area contributed by atoms with Crippen LogP contribution in [0.25, 0.3) is 22.1 Å². The Bertz CT molecular complexity index is 762. The van der Waals surface area contributed by atoms with Crippen LogP contribution in [0.3, 0.4) is 0 Å². The van der Waals surface area contributed by atoms with Crippen LogP contribution in [0.5, 0.6) is 0 Å². The van der Waals surface area contributed by atoms with Gasteiger partial charge in [-0.05, 0) is 30.9 Å². The van der Waals surface area contributed by atoms with Gasteiger partial charge in [-0.3, -0.25) is 0 Å². The zero-order valence-electron chi connectivity index (χ0n) is 12.0. The third kappa shape index (κ3) is 2.33. The Labute approximate surface area is 129 Å². The SMILES string of the molecule is CC1CCN(c2ncnc3c2oc2ccccc23)CC1.Cl. The molecular weight excluding hydrogens is 286 g/mol. The summed E-state index contributed by atoms with van der Waals surface area (Å²) in [6, 6.07) is 8.04. The second-order valence-electron chi connectivity index (χ2n) is 5.64. The molecule has 2 aromatic heterocycles. The van der Waals surface area contributed by atoms with Crippen molar-refractivity contribution in [2.75, 3.05) is 18.0 Å². The number of furan rings is 1. The van der Waals surface area contributed by atoms with Gasteiger partial charge in [0, 0.05) is 18.5 Å². The predicted molar refractivity (Wildman–Crippen MR) is 87.2 cm³/mol. The molecule has 5 heteroatoms. The number of halogens is 1. The summed E-state index contributed by atoms with van der Waals surface area (Å²) in [7, 11) is 0. The monoisotopic (exact) mass is 303 g/mol. The van der Waals surface area contributed by atoms with Crippen LogP contribution in [0.15, 0.2) is 35.0 Å². The summed E-state index contributed by atoms with van der Waals surface area (Å²) in [6.45, 7) is 4.41. The van der Waals surface area contributed by atoms with Crippen LogP contribution < -0.4 is 4.90 Å². The maximum absolute atomic E-state index is 6.00. The first-order valence-electron chi connectivity index (χ1n) is 7.20. The van der Waals surface area contributed by atoms with Crippen LogP contribution in [-0.4, -0.2) is 23.1 Å². The van der Waals surface area contributed by atoms with Gasteiger partial charge < -0.3 is 9.32 Å². The van der Waals surface area contributed by atoms with Gasteiger partial charge in [0.1, 0.15) is 17.4 Å². The molecule has 3 heterocycles. The molecule has 0 aliphatic carbocycles. The minimum Gasteiger partial charge on any atom is -0.450 e. The second kappa shape index (κ2) is 5.53. The molecule has 1 aromatic carbocycles. The molecule has 0 bridgehead atoms. The van der Waals surface area contributed by atoms with Crippen molar-refractivity contribution in [2.24, 2.45) is 5.92 Å². The van der Waals surface area contributed by atoms with Gasteiger partial charge in [-0.15, -0.1) is 12.4 Å². The molecule has 4 rings (SSSR count). The van der Waals surface area contributed by atoms with Gasteiger partial charge in [0.15, 0.2) is 11.4 Å². The lowest BCUT2D eigenvalue weighted by Crippen LogP contribution is -2.33. The van der Waals surface area contributed by atoms with Crippen LogP contribution in [-0.2, 0) is 0 Å². The maximum Gasteiger partial charge on any atom is 0.196 e. The molecule has 0 spiro atoms. The van der Waals surface area contributed by atoms with Gasteiger partial charge in [-0.1, -0.05) is 19.1 Å². The van der Waals surface area contributed by atoms with Crippen LogP contribution in [0, 0.1) is 5.92 Å². The smallest absolute Gasteiger partial charge is 0.196 e. The number of fused-ring (bicyclic) bond motifs is 3. The van der Waals surface area contributed by atoms with Crippen molar-refractivity contribution in [1.29, 1.82) is 0 Å². The van der Waals surface area contributed by atoms with E-state index in [9.17, 15) is 0 Å². The van der Waals surface area contributed by atoms with E-state index in [4.69, 9.17) is 4.42 Å². The van der Waals surface area contributed by atoms with Crippen molar-refractivity contribution in [3.63, 3.8) is 0 Å². The Morgan fingerprint density at radius 3 is 2.71 bits per heavy atom. The quantitative estimate of drug-likeness (QED) is 0.680. The molecule has 0 atom stereocenters. The van der Waals surface area contributed by atoms with Crippen molar-refractivity contribution < 1.29 is 4.42 Å². The van der Waals surface area contributed by atoms with Gasteiger partial charge in [-0.25, -0.2) is 9.97 Å². The number of aromatic nitrogens is 2. The summed E-state index contributed by atoms with van der Waals surface area (Å²) >= 11 is 0. The molecule has 4 nitrogen and oxygen atoms in total. The van der Waals surface area contributed by atoms with E-state index in [0.717, 1.165) is 46.9 Å². The first-order chi connectivity index (χ1) is 9.83. The Kier molecular flexibility index (Phi) is 3.72. The lowest BCUT2D eigenvalue weighted by Gasteiger charge is -2.30. The summed E-state index contributed by atoms with van der Waals surface area (Å²) in [6.07, 6.45) is 4.08. The topological polar surface area (TPSA) is 42.2 Å². The number of anilines is 1. The first-order valence-corrected chi connectivity index (χ1v) is 7.20. The highest BCUT2D eigenvalue weighted by Crippen LogP contribution is 2.33. The van der Waals surface area contributed by atoms with Crippen molar-refractivity contribution in [1.82, 2.24) is 9.97 Å². The molecule has 1 saturated heterocycles. The van der Waals surface area contributed by atoms with Crippen LogP contribution in [0.4, 0.5) is 5.82 Å². The highest BCUT2D eigenvalue weighted by Gasteiger charge is 2.21. The van der Waals surface area contributed by atoms with Crippen LogP contribution in [0.1, 0.15) is 19.8 Å². The molecule has 0 radical (unpaired) electrons. The standard InChI is InChI=1S/C16H17N3O.ClH/c1-11-6-8-19(9-7-11)16-15-14(17-10-18-16)12-4-2-3-5-13(12)20-15;/h2-5,10-11H,6-9H2,1H3;1H. The van der Waals surface area contributed by atoms with E-state index in [1.165, 1.54) is 12.8 Å². The van der Waals surface area contributed by atoms with Crippen LogP contribution in [0.2, 0.25) is 0 Å². The minimum atomic E-state index is 0. The van der Waals surface area contributed by atoms with Crippen molar-refractivity contribution >= 4 is 40.3 Å². The summed E-state index contributed by atoms with van der Waals surface area (Å²) in [5, 5.41) is 1.07. The number of para-hydroxylation sites is 1. The third-order valence-electron chi connectivity index (χ3n) is 4.22. The van der Waals surface area contributed by atoms with E-state index in [2.05, 4.69) is 27.9 Å². The lowest BCUT2D eigenvalue weighted by molar-refractivity contribution is 0.436. The zero-order valence-corrected chi connectivity index (χ0v) is 12.8. The summed E-state index contributed by atoms with van der Waals surface area (Å²) < 4.78 is 6.00. The van der Waals surface area contributed by atoms with Gasteiger partial charge in [-0.2, -0.15) is 0 Å². The number of piperidine rings is 1. The molecular formula is C16H18ClN3O. The van der Waals surface area contributed by atoms with Crippen molar-refractivity contribution in [2.45, 2.75) is 19.8 Å². The fraction of sp³-hybridized carbons (Fsp3) is 0.375. The second-order valence-corrected chi connectivity index (χ2v) is 5.64. The van der Waals surface area contributed by atoms with E-state index in [-0.39, 0.29) is 12.4 Å². The summed E-state index contributed by atoms with van der Waals surface area (Å²) in [5.41, 5.74) is 2.63. The number of hydrogen-bond donors (Lipinski definition) is 0. The van der Waals surface area contributed by atoms with Crippen LogP contribution >= 0.6 is 12.4 Å². The first kappa shape index (κ1) is 14.1. The van der Waals surface area contributed by atoms with Gasteiger partial charge >= 0.3 is 0 Å². The Hall–Kier alpha value is -1.81. The fourth-order valence-corrected chi connectivity index (χ4v) is 2.96. The molecule has 1 aliphatic heterocycles. The fourth-order valence-electron chi connectivity index (χ4n) is 2.96. The molecule has 1 aliphatic rings. The number of nitrogens with zero attached hydrogens (tertiary/aromatic N) is 3. The average molecular weight is 304 g/mol. The van der Waals surface area contributed by atoms with E-state index < -0.39 is 0 Å². The van der Waals surface area contributed by atoms with Gasteiger partial charge in [0.05, 0.1) is 0 Å². The maximum atomic E-state index is 6.00. The predicted octanol–water partition coefficient (Wildman–Crippen LogP) is 4.03. The molecule has 3 aromatic rings.